The lowest BCUT2D eigenvalue weighted by Crippen LogP contribution is -2.42. The van der Waals surface area contributed by atoms with E-state index in [1.165, 1.54) is 10.6 Å². The smallest absolute Gasteiger partial charge is 0.259 e. The average Bonchev–Trinajstić information content (AvgIpc) is 3.70. The van der Waals surface area contributed by atoms with Gasteiger partial charge in [-0.1, -0.05) is 0 Å². The lowest BCUT2D eigenvalue weighted by Gasteiger charge is -2.31. The molecule has 2 saturated carbocycles. The second-order valence-corrected chi connectivity index (χ2v) is 9.82. The van der Waals surface area contributed by atoms with Crippen LogP contribution in [0, 0.1) is 11.7 Å². The number of ether oxygens (including phenoxy) is 1. The summed E-state index contributed by atoms with van der Waals surface area (Å²) in [6, 6.07) is 3.33. The van der Waals surface area contributed by atoms with Crippen molar-refractivity contribution in [1.29, 1.82) is 0 Å². The summed E-state index contributed by atoms with van der Waals surface area (Å²) in [6.45, 7) is 0.677. The molecule has 2 bridgehead atoms. The fourth-order valence-corrected chi connectivity index (χ4v) is 5.63. The number of fused-ring (bicyclic) bond motifs is 3. The number of hydrogen-bond donors (Lipinski definition) is 3. The molecule has 4 aliphatic rings. The molecule has 180 valence electrons. The minimum absolute atomic E-state index is 0.0987. The Bertz CT molecular complexity index is 1420. The van der Waals surface area contributed by atoms with E-state index in [0.29, 0.717) is 28.8 Å². The Labute approximate surface area is 198 Å². The first-order chi connectivity index (χ1) is 16.9. The number of halogens is 1. The number of pyridine rings is 1. The summed E-state index contributed by atoms with van der Waals surface area (Å²) < 4.78 is 22.0. The molecule has 2 aliphatic carbocycles. The normalized spacial score (nSPS) is 25.5. The van der Waals surface area contributed by atoms with E-state index in [1.807, 2.05) is 6.07 Å². The minimum atomic E-state index is -0.588. The monoisotopic (exact) mass is 478 g/mol. The maximum atomic E-state index is 14.4. The molecule has 2 aliphatic heterocycles. The van der Waals surface area contributed by atoms with Gasteiger partial charge in [0.15, 0.2) is 11.5 Å². The number of hydrogen-bond acceptors (Lipinski definition) is 8. The lowest BCUT2D eigenvalue weighted by molar-refractivity contribution is -0.114. The summed E-state index contributed by atoms with van der Waals surface area (Å²) in [5.41, 5.74) is 5.63. The number of anilines is 2. The Balaban J connectivity index is 1.43. The fourth-order valence-electron chi connectivity index (χ4n) is 5.63. The molecule has 7 rings (SSSR count). The number of nitrogens with one attached hydrogen (secondary N) is 2. The van der Waals surface area contributed by atoms with Crippen LogP contribution in [-0.4, -0.2) is 56.6 Å². The first kappa shape index (κ1) is 20.6. The van der Waals surface area contributed by atoms with Crippen molar-refractivity contribution < 1.29 is 18.7 Å². The highest BCUT2D eigenvalue weighted by Gasteiger charge is 2.65. The molecular weight excluding hydrogens is 455 g/mol. The lowest BCUT2D eigenvalue weighted by atomic mass is 10.0. The standard InChI is InChI=1S/C23H23FN8O3/c24-13-7-14-21(26-10-13)35-11-22(3-4-22)29-20(34)17-18(28-16(33)9-25)30-32-6-2-15(27-19(17)32)31-5-1-12-8-23(12,14)31/h2,6-7,10,12H,1,3-5,8-9,11,25H2,(H,29,34)(H,28,30,33)/t12-,23+/m0/s1. The maximum Gasteiger partial charge on any atom is 0.259 e. The molecule has 35 heavy (non-hydrogen) atoms. The fraction of sp³-hybridized carbons (Fsp3) is 0.435. The van der Waals surface area contributed by atoms with E-state index in [9.17, 15) is 14.0 Å². The molecule has 0 unspecified atom stereocenters. The van der Waals surface area contributed by atoms with Gasteiger partial charge in [0.25, 0.3) is 5.91 Å². The van der Waals surface area contributed by atoms with Gasteiger partial charge in [0, 0.05) is 18.3 Å². The predicted molar refractivity (Wildman–Crippen MR) is 122 cm³/mol. The first-order valence-electron chi connectivity index (χ1n) is 11.7. The van der Waals surface area contributed by atoms with Gasteiger partial charge in [0.1, 0.15) is 23.8 Å². The highest BCUT2D eigenvalue weighted by molar-refractivity contribution is 6.08. The van der Waals surface area contributed by atoms with E-state index in [0.717, 1.165) is 38.4 Å². The van der Waals surface area contributed by atoms with Crippen LogP contribution in [0.5, 0.6) is 5.88 Å². The second-order valence-electron chi connectivity index (χ2n) is 9.82. The van der Waals surface area contributed by atoms with Crippen LogP contribution in [0.4, 0.5) is 16.0 Å². The van der Waals surface area contributed by atoms with Crippen LogP contribution in [0.15, 0.2) is 24.5 Å². The first-order valence-corrected chi connectivity index (χ1v) is 11.7. The van der Waals surface area contributed by atoms with E-state index in [4.69, 9.17) is 15.5 Å². The van der Waals surface area contributed by atoms with Gasteiger partial charge in [-0.05, 0) is 43.7 Å². The molecule has 1 saturated heterocycles. The number of amides is 2. The number of carbonyl (C=O) groups excluding carboxylic acids is 2. The molecular formula is C23H23FN8O3. The molecule has 12 heteroatoms. The highest BCUT2D eigenvalue weighted by atomic mass is 19.1. The maximum absolute atomic E-state index is 14.4. The van der Waals surface area contributed by atoms with Crippen molar-refractivity contribution in [3.8, 4) is 5.88 Å². The van der Waals surface area contributed by atoms with Crippen molar-refractivity contribution in [2.75, 3.05) is 29.9 Å². The number of carbonyl (C=O) groups is 2. The van der Waals surface area contributed by atoms with Gasteiger partial charge in [-0.3, -0.25) is 9.59 Å². The van der Waals surface area contributed by atoms with Crippen LogP contribution in [-0.2, 0) is 10.3 Å². The Morgan fingerprint density at radius 2 is 2.26 bits per heavy atom. The van der Waals surface area contributed by atoms with Crippen LogP contribution >= 0.6 is 0 Å². The van der Waals surface area contributed by atoms with Crippen LogP contribution in [0.3, 0.4) is 0 Å². The number of aromatic nitrogens is 4. The highest BCUT2D eigenvalue weighted by Crippen LogP contribution is 2.64. The van der Waals surface area contributed by atoms with Gasteiger partial charge in [-0.2, -0.15) is 0 Å². The zero-order valence-corrected chi connectivity index (χ0v) is 18.8. The van der Waals surface area contributed by atoms with E-state index in [1.54, 1.807) is 6.20 Å². The largest absolute Gasteiger partial charge is 0.475 e. The SMILES string of the molecule is NCC(=O)Nc1nn2ccc3nc2c1C(=O)NC1(CC1)COc1ncc(F)cc1[C@@]12C[C@@H]1CCN32. The van der Waals surface area contributed by atoms with Gasteiger partial charge in [0.05, 0.1) is 23.8 Å². The average molecular weight is 478 g/mol. The summed E-state index contributed by atoms with van der Waals surface area (Å²) in [5.74, 6) is 0.161. The molecule has 0 aromatic carbocycles. The minimum Gasteiger partial charge on any atom is -0.475 e. The van der Waals surface area contributed by atoms with Crippen LogP contribution in [0.1, 0.15) is 41.6 Å². The molecule has 3 aromatic heterocycles. The predicted octanol–water partition coefficient (Wildman–Crippen LogP) is 0.941. The molecule has 2 atom stereocenters. The molecule has 0 radical (unpaired) electrons. The van der Waals surface area contributed by atoms with Gasteiger partial charge >= 0.3 is 0 Å². The van der Waals surface area contributed by atoms with Gasteiger partial charge in [0.2, 0.25) is 11.8 Å². The Morgan fingerprint density at radius 1 is 1.40 bits per heavy atom. The van der Waals surface area contributed by atoms with Crippen molar-refractivity contribution in [3.63, 3.8) is 0 Å². The summed E-state index contributed by atoms with van der Waals surface area (Å²) in [4.78, 5) is 36.8. The summed E-state index contributed by atoms with van der Waals surface area (Å²) >= 11 is 0. The van der Waals surface area contributed by atoms with Crippen molar-refractivity contribution >= 4 is 29.1 Å². The van der Waals surface area contributed by atoms with Crippen molar-refractivity contribution in [1.82, 2.24) is 24.9 Å². The van der Waals surface area contributed by atoms with Crippen molar-refractivity contribution in [2.45, 2.75) is 36.8 Å². The molecule has 5 heterocycles. The number of piperidine rings is 1. The summed E-state index contributed by atoms with van der Waals surface area (Å²) in [5, 5.41) is 10.1. The molecule has 2 spiro atoms. The topological polar surface area (TPSA) is 140 Å². The van der Waals surface area contributed by atoms with Gasteiger partial charge in [-0.25, -0.2) is 18.9 Å². The number of nitrogens with two attached hydrogens (primary N) is 1. The second kappa shape index (κ2) is 6.87. The molecule has 2 amide bonds. The Hall–Kier alpha value is -3.80. The van der Waals surface area contributed by atoms with E-state index in [2.05, 4.69) is 25.6 Å². The Kier molecular flexibility index (Phi) is 4.04. The Morgan fingerprint density at radius 3 is 3.03 bits per heavy atom. The number of rotatable bonds is 2. The zero-order chi connectivity index (χ0) is 23.9. The quantitative estimate of drug-likeness (QED) is 0.495. The van der Waals surface area contributed by atoms with Crippen LogP contribution in [0.25, 0.3) is 5.65 Å². The van der Waals surface area contributed by atoms with Crippen molar-refractivity contribution in [2.24, 2.45) is 11.7 Å². The summed E-state index contributed by atoms with van der Waals surface area (Å²) in [6.07, 6.45) is 6.08. The third kappa shape index (κ3) is 2.95. The van der Waals surface area contributed by atoms with Gasteiger partial charge < -0.3 is 26.0 Å². The van der Waals surface area contributed by atoms with Crippen LogP contribution < -0.4 is 26.0 Å². The zero-order valence-electron chi connectivity index (χ0n) is 18.8. The van der Waals surface area contributed by atoms with E-state index in [-0.39, 0.29) is 24.5 Å². The molecule has 11 nitrogen and oxygen atoms in total. The van der Waals surface area contributed by atoms with Crippen molar-refractivity contribution in [3.05, 3.63) is 41.5 Å². The summed E-state index contributed by atoms with van der Waals surface area (Å²) in [7, 11) is 0. The third-order valence-electron chi connectivity index (χ3n) is 7.67. The van der Waals surface area contributed by atoms with Gasteiger partial charge in [-0.15, -0.1) is 5.10 Å². The molecule has 4 N–H and O–H groups in total. The van der Waals surface area contributed by atoms with Crippen LogP contribution in [0.2, 0.25) is 0 Å². The third-order valence-corrected chi connectivity index (χ3v) is 7.67. The number of nitrogens with zero attached hydrogens (tertiary/aromatic N) is 5. The molecule has 3 aromatic rings. The van der Waals surface area contributed by atoms with E-state index < -0.39 is 28.7 Å². The molecule has 3 fully saturated rings. The van der Waals surface area contributed by atoms with E-state index >= 15 is 0 Å².